The molecule has 0 spiro atoms. The van der Waals surface area contributed by atoms with Gasteiger partial charge in [0.05, 0.1) is 4.90 Å². The van der Waals surface area contributed by atoms with Crippen LogP contribution in [0.2, 0.25) is 5.02 Å². The summed E-state index contributed by atoms with van der Waals surface area (Å²) in [5.74, 6) is -0.338. The number of hydrogen-bond donors (Lipinski definition) is 1. The van der Waals surface area contributed by atoms with Crippen molar-refractivity contribution in [2.45, 2.75) is 58.0 Å². The van der Waals surface area contributed by atoms with Crippen LogP contribution in [-0.2, 0) is 19.6 Å². The van der Waals surface area contributed by atoms with Crippen molar-refractivity contribution in [1.82, 2.24) is 4.72 Å². The molecule has 0 aliphatic rings. The summed E-state index contributed by atoms with van der Waals surface area (Å²) in [6, 6.07) is 3.18. The molecule has 1 rings (SSSR count). The van der Waals surface area contributed by atoms with Gasteiger partial charge in [-0.3, -0.25) is 4.79 Å². The zero-order valence-corrected chi connectivity index (χ0v) is 15.8. The van der Waals surface area contributed by atoms with Gasteiger partial charge in [-0.05, 0) is 64.3 Å². The molecule has 1 aromatic rings. The van der Waals surface area contributed by atoms with Crippen LogP contribution in [0.15, 0.2) is 17.0 Å². The summed E-state index contributed by atoms with van der Waals surface area (Å²) < 4.78 is 32.3. The molecule has 7 heteroatoms. The van der Waals surface area contributed by atoms with E-state index in [4.69, 9.17) is 16.3 Å². The van der Waals surface area contributed by atoms with Crippen LogP contribution in [0, 0.1) is 13.8 Å². The molecule has 1 N–H and O–H groups in total. The molecule has 0 saturated heterocycles. The van der Waals surface area contributed by atoms with Crippen molar-refractivity contribution < 1.29 is 17.9 Å². The van der Waals surface area contributed by atoms with E-state index >= 15 is 0 Å². The van der Waals surface area contributed by atoms with Crippen molar-refractivity contribution >= 4 is 27.6 Å². The smallest absolute Gasteiger partial charge is 0.306 e. The van der Waals surface area contributed by atoms with Gasteiger partial charge < -0.3 is 4.74 Å². The van der Waals surface area contributed by atoms with Crippen LogP contribution in [0.5, 0.6) is 0 Å². The predicted molar refractivity (Wildman–Crippen MR) is 91.2 cm³/mol. The Balaban J connectivity index is 2.61. The van der Waals surface area contributed by atoms with Crippen molar-refractivity contribution in [3.8, 4) is 0 Å². The number of esters is 1. The second-order valence-corrected chi connectivity index (χ2v) is 8.60. The van der Waals surface area contributed by atoms with Crippen molar-refractivity contribution in [2.24, 2.45) is 0 Å². The number of rotatable bonds is 6. The summed E-state index contributed by atoms with van der Waals surface area (Å²) in [7, 11) is -3.62. The molecule has 23 heavy (non-hydrogen) atoms. The molecule has 0 heterocycles. The first kappa shape index (κ1) is 19.9. The van der Waals surface area contributed by atoms with Gasteiger partial charge in [-0.2, -0.15) is 0 Å². The molecule has 0 atom stereocenters. The number of ether oxygens (including phenoxy) is 1. The Hall–Kier alpha value is -1.11. The van der Waals surface area contributed by atoms with Crippen LogP contribution in [0.3, 0.4) is 0 Å². The molecule has 0 aliphatic carbocycles. The van der Waals surface area contributed by atoms with E-state index < -0.39 is 15.6 Å². The molecule has 5 nitrogen and oxygen atoms in total. The van der Waals surface area contributed by atoms with E-state index in [1.165, 1.54) is 0 Å². The second kappa shape index (κ2) is 7.64. The van der Waals surface area contributed by atoms with E-state index in [1.807, 2.05) is 0 Å². The number of aryl methyl sites for hydroxylation is 2. The third kappa shape index (κ3) is 6.49. The average molecular weight is 362 g/mol. The second-order valence-electron chi connectivity index (χ2n) is 6.45. The third-order valence-electron chi connectivity index (χ3n) is 3.02. The monoisotopic (exact) mass is 361 g/mol. The minimum atomic E-state index is -3.62. The third-order valence-corrected chi connectivity index (χ3v) is 5.03. The molecule has 0 fully saturated rings. The maximum absolute atomic E-state index is 12.3. The Bertz CT molecular complexity index is 678. The summed E-state index contributed by atoms with van der Waals surface area (Å²) >= 11 is 5.98. The molecule has 130 valence electrons. The molecule has 0 aliphatic heterocycles. The van der Waals surface area contributed by atoms with Gasteiger partial charge in [0.25, 0.3) is 0 Å². The lowest BCUT2D eigenvalue weighted by Crippen LogP contribution is -2.27. The quantitative estimate of drug-likeness (QED) is 0.623. The van der Waals surface area contributed by atoms with Gasteiger partial charge in [-0.15, -0.1) is 0 Å². The van der Waals surface area contributed by atoms with Crippen molar-refractivity contribution in [1.29, 1.82) is 0 Å². The Labute approximate surface area is 143 Å². The fourth-order valence-electron chi connectivity index (χ4n) is 1.95. The summed E-state index contributed by atoms with van der Waals surface area (Å²) in [5.41, 5.74) is 0.751. The van der Waals surface area contributed by atoms with Crippen LogP contribution in [0.1, 0.15) is 44.7 Å². The zero-order valence-electron chi connectivity index (χ0n) is 14.2. The zero-order chi connectivity index (χ0) is 17.8. The molecular formula is C16H24ClNO4S. The van der Waals surface area contributed by atoms with Gasteiger partial charge in [-0.1, -0.05) is 11.6 Å². The van der Waals surface area contributed by atoms with Crippen molar-refractivity contribution in [3.63, 3.8) is 0 Å². The Morgan fingerprint density at radius 1 is 1.22 bits per heavy atom. The molecule has 0 aromatic heterocycles. The Kier molecular flexibility index (Phi) is 6.62. The van der Waals surface area contributed by atoms with E-state index in [-0.39, 0.29) is 23.8 Å². The van der Waals surface area contributed by atoms with E-state index in [0.29, 0.717) is 22.6 Å². The molecule has 0 bridgehead atoms. The highest BCUT2D eigenvalue weighted by atomic mass is 35.5. The van der Waals surface area contributed by atoms with Crippen LogP contribution in [-0.4, -0.2) is 26.5 Å². The molecule has 0 saturated carbocycles. The first-order valence-electron chi connectivity index (χ1n) is 7.40. The van der Waals surface area contributed by atoms with Crippen LogP contribution in [0.4, 0.5) is 0 Å². The average Bonchev–Trinajstić information content (AvgIpc) is 2.37. The lowest BCUT2D eigenvalue weighted by atomic mass is 10.2. The number of benzene rings is 1. The summed E-state index contributed by atoms with van der Waals surface area (Å²) in [6.45, 7) is 8.99. The molecule has 0 amide bonds. The molecule has 0 radical (unpaired) electrons. The van der Waals surface area contributed by atoms with Gasteiger partial charge in [0, 0.05) is 18.0 Å². The first-order chi connectivity index (χ1) is 10.4. The minimum Gasteiger partial charge on any atom is -0.460 e. The summed E-state index contributed by atoms with van der Waals surface area (Å²) in [4.78, 5) is 11.8. The molecular weight excluding hydrogens is 338 g/mol. The SMILES string of the molecule is Cc1cc(S(=O)(=O)NCCCC(=O)OC(C)(C)C)c(C)cc1Cl. The Morgan fingerprint density at radius 2 is 1.83 bits per heavy atom. The number of sulfonamides is 1. The molecule has 0 unspecified atom stereocenters. The highest BCUT2D eigenvalue weighted by Gasteiger charge is 2.19. The minimum absolute atomic E-state index is 0.165. The largest absolute Gasteiger partial charge is 0.460 e. The topological polar surface area (TPSA) is 72.5 Å². The van der Waals surface area contributed by atoms with Gasteiger partial charge in [0.15, 0.2) is 0 Å². The summed E-state index contributed by atoms with van der Waals surface area (Å²) in [5, 5.41) is 0.534. The highest BCUT2D eigenvalue weighted by Crippen LogP contribution is 2.23. The number of halogens is 1. The van der Waals surface area contributed by atoms with Gasteiger partial charge in [0.1, 0.15) is 5.60 Å². The Morgan fingerprint density at radius 3 is 2.39 bits per heavy atom. The van der Waals surface area contributed by atoms with Crippen LogP contribution < -0.4 is 4.72 Å². The number of nitrogens with one attached hydrogen (secondary N) is 1. The number of carbonyl (C=O) groups excluding carboxylic acids is 1. The normalized spacial score (nSPS) is 12.3. The maximum atomic E-state index is 12.3. The standard InChI is InChI=1S/C16H24ClNO4S/c1-11-10-14(12(2)9-13(11)17)23(20,21)18-8-6-7-15(19)22-16(3,4)5/h9-10,18H,6-8H2,1-5H3. The van der Waals surface area contributed by atoms with Gasteiger partial charge in [-0.25, -0.2) is 13.1 Å². The van der Waals surface area contributed by atoms with E-state index in [1.54, 1.807) is 46.8 Å². The van der Waals surface area contributed by atoms with Gasteiger partial charge >= 0.3 is 5.97 Å². The highest BCUT2D eigenvalue weighted by molar-refractivity contribution is 7.89. The lowest BCUT2D eigenvalue weighted by Gasteiger charge is -2.19. The van der Waals surface area contributed by atoms with Crippen LogP contribution >= 0.6 is 11.6 Å². The van der Waals surface area contributed by atoms with Crippen molar-refractivity contribution in [3.05, 3.63) is 28.3 Å². The fourth-order valence-corrected chi connectivity index (χ4v) is 3.56. The van der Waals surface area contributed by atoms with E-state index in [0.717, 1.165) is 0 Å². The maximum Gasteiger partial charge on any atom is 0.306 e. The molecule has 1 aromatic carbocycles. The van der Waals surface area contributed by atoms with Crippen LogP contribution in [0.25, 0.3) is 0 Å². The lowest BCUT2D eigenvalue weighted by molar-refractivity contribution is -0.154. The summed E-state index contributed by atoms with van der Waals surface area (Å²) in [6.07, 6.45) is 0.540. The van der Waals surface area contributed by atoms with Gasteiger partial charge in [0.2, 0.25) is 10.0 Å². The van der Waals surface area contributed by atoms with E-state index in [9.17, 15) is 13.2 Å². The number of hydrogen-bond acceptors (Lipinski definition) is 4. The predicted octanol–water partition coefficient (Wildman–Crippen LogP) is 3.36. The first-order valence-corrected chi connectivity index (χ1v) is 9.27. The van der Waals surface area contributed by atoms with E-state index in [2.05, 4.69) is 4.72 Å². The number of carbonyl (C=O) groups is 1. The fraction of sp³-hybridized carbons (Fsp3) is 0.562. The van der Waals surface area contributed by atoms with Crippen molar-refractivity contribution in [2.75, 3.05) is 6.54 Å².